The minimum atomic E-state index is 0.127. The van der Waals surface area contributed by atoms with Crippen molar-refractivity contribution < 1.29 is 0 Å². The van der Waals surface area contributed by atoms with Crippen LogP contribution in [0.15, 0.2) is 6.20 Å². The van der Waals surface area contributed by atoms with Crippen LogP contribution < -0.4 is 5.32 Å². The Bertz CT molecular complexity index is 352. The van der Waals surface area contributed by atoms with Gasteiger partial charge in [-0.25, -0.2) is 0 Å². The van der Waals surface area contributed by atoms with Crippen LogP contribution in [0.2, 0.25) is 0 Å². The molecule has 0 saturated carbocycles. The second kappa shape index (κ2) is 9.11. The van der Waals surface area contributed by atoms with E-state index in [1.54, 1.807) is 0 Å². The predicted octanol–water partition coefficient (Wildman–Crippen LogP) is 3.92. The zero-order valence-electron chi connectivity index (χ0n) is 13.8. The van der Waals surface area contributed by atoms with Crippen LogP contribution in [0.1, 0.15) is 78.3 Å². The molecule has 0 aliphatic carbocycles. The molecule has 0 bridgehead atoms. The molecule has 0 aliphatic heterocycles. The van der Waals surface area contributed by atoms with Crippen LogP contribution in [0.4, 0.5) is 0 Å². The van der Waals surface area contributed by atoms with E-state index in [1.165, 1.54) is 44.9 Å². The Morgan fingerprint density at radius 1 is 1.05 bits per heavy atom. The summed E-state index contributed by atoms with van der Waals surface area (Å²) in [6, 6.07) is 0. The van der Waals surface area contributed by atoms with Gasteiger partial charge in [0.15, 0.2) is 0 Å². The number of unbranched alkanes of at least 4 members (excludes halogenated alkanes) is 6. The molecule has 0 fully saturated rings. The predicted molar refractivity (Wildman–Crippen MR) is 84.6 cm³/mol. The molecule has 0 unspecified atom stereocenters. The van der Waals surface area contributed by atoms with Crippen molar-refractivity contribution in [3.63, 3.8) is 0 Å². The minimum absolute atomic E-state index is 0.127. The van der Waals surface area contributed by atoms with Crippen LogP contribution in [0.25, 0.3) is 0 Å². The summed E-state index contributed by atoms with van der Waals surface area (Å²) >= 11 is 0. The van der Waals surface area contributed by atoms with Gasteiger partial charge in [0.2, 0.25) is 0 Å². The first-order chi connectivity index (χ1) is 9.51. The highest BCUT2D eigenvalue weighted by molar-refractivity contribution is 4.92. The Kier molecular flexibility index (Phi) is 7.82. The lowest BCUT2D eigenvalue weighted by atomic mass is 10.1. The molecule has 4 heteroatoms. The first-order valence-electron chi connectivity index (χ1n) is 8.15. The van der Waals surface area contributed by atoms with Gasteiger partial charge in [-0.1, -0.05) is 50.7 Å². The largest absolute Gasteiger partial charge is 0.306 e. The highest BCUT2D eigenvalue weighted by Crippen LogP contribution is 2.08. The van der Waals surface area contributed by atoms with Crippen molar-refractivity contribution in [2.45, 2.75) is 91.3 Å². The summed E-state index contributed by atoms with van der Waals surface area (Å²) in [7, 11) is 0. The Morgan fingerprint density at radius 2 is 1.70 bits per heavy atom. The van der Waals surface area contributed by atoms with Crippen molar-refractivity contribution in [3.05, 3.63) is 11.9 Å². The fraction of sp³-hybridized carbons (Fsp3) is 0.875. The standard InChI is InChI=1S/C16H32N4/c1-5-6-7-8-9-10-11-12-20-14-15(18-19-20)13-17-16(2,3)4/h14,17H,5-13H2,1-4H3. The summed E-state index contributed by atoms with van der Waals surface area (Å²) < 4.78 is 1.98. The van der Waals surface area contributed by atoms with Crippen LogP contribution in [0, 0.1) is 0 Å². The zero-order chi connectivity index (χ0) is 14.8. The van der Waals surface area contributed by atoms with Gasteiger partial charge in [-0.15, -0.1) is 5.10 Å². The molecule has 1 aromatic rings. The fourth-order valence-corrected chi connectivity index (χ4v) is 2.12. The van der Waals surface area contributed by atoms with Gasteiger partial charge >= 0.3 is 0 Å². The van der Waals surface area contributed by atoms with Gasteiger partial charge in [0.05, 0.1) is 5.69 Å². The van der Waals surface area contributed by atoms with Crippen molar-refractivity contribution in [3.8, 4) is 0 Å². The summed E-state index contributed by atoms with van der Waals surface area (Å²) in [5, 5.41) is 11.8. The quantitative estimate of drug-likeness (QED) is 0.661. The van der Waals surface area contributed by atoms with Gasteiger partial charge < -0.3 is 5.32 Å². The lowest BCUT2D eigenvalue weighted by Gasteiger charge is -2.19. The Hall–Kier alpha value is -0.900. The molecule has 1 heterocycles. The van der Waals surface area contributed by atoms with E-state index in [0.717, 1.165) is 18.8 Å². The third-order valence-corrected chi connectivity index (χ3v) is 3.38. The van der Waals surface area contributed by atoms with Gasteiger partial charge in [0, 0.05) is 24.8 Å². The van der Waals surface area contributed by atoms with E-state index in [4.69, 9.17) is 0 Å². The fourth-order valence-electron chi connectivity index (χ4n) is 2.12. The SMILES string of the molecule is CCCCCCCCCn1cc(CNC(C)(C)C)nn1. The lowest BCUT2D eigenvalue weighted by Crippen LogP contribution is -2.35. The van der Waals surface area contributed by atoms with Crippen LogP contribution in [-0.2, 0) is 13.1 Å². The summed E-state index contributed by atoms with van der Waals surface area (Å²) in [5.74, 6) is 0. The van der Waals surface area contributed by atoms with Crippen LogP contribution in [0.5, 0.6) is 0 Å². The summed E-state index contributed by atoms with van der Waals surface area (Å²) in [6.07, 6.45) is 11.4. The van der Waals surface area contributed by atoms with Gasteiger partial charge in [-0.05, 0) is 27.2 Å². The molecule has 20 heavy (non-hydrogen) atoms. The maximum atomic E-state index is 4.21. The van der Waals surface area contributed by atoms with E-state index in [9.17, 15) is 0 Å². The second-order valence-corrected chi connectivity index (χ2v) is 6.70. The topological polar surface area (TPSA) is 42.7 Å². The van der Waals surface area contributed by atoms with E-state index in [0.29, 0.717) is 0 Å². The number of aromatic nitrogens is 3. The molecule has 1 N–H and O–H groups in total. The molecule has 0 spiro atoms. The molecule has 1 aromatic heterocycles. The van der Waals surface area contributed by atoms with Gasteiger partial charge in [-0.2, -0.15) is 0 Å². The highest BCUT2D eigenvalue weighted by atomic mass is 15.4. The van der Waals surface area contributed by atoms with Gasteiger partial charge in [0.1, 0.15) is 0 Å². The van der Waals surface area contributed by atoms with Gasteiger partial charge in [-0.3, -0.25) is 4.68 Å². The van der Waals surface area contributed by atoms with Crippen molar-refractivity contribution in [2.24, 2.45) is 0 Å². The monoisotopic (exact) mass is 280 g/mol. The summed E-state index contributed by atoms with van der Waals surface area (Å²) in [4.78, 5) is 0. The maximum Gasteiger partial charge on any atom is 0.0965 e. The van der Waals surface area contributed by atoms with E-state index in [-0.39, 0.29) is 5.54 Å². The van der Waals surface area contributed by atoms with Crippen LogP contribution in [0.3, 0.4) is 0 Å². The number of nitrogens with zero attached hydrogens (tertiary/aromatic N) is 3. The molecule has 0 aliphatic rings. The van der Waals surface area contributed by atoms with Crippen molar-refractivity contribution >= 4 is 0 Å². The van der Waals surface area contributed by atoms with E-state index in [1.807, 2.05) is 4.68 Å². The number of aryl methyl sites for hydroxylation is 1. The van der Waals surface area contributed by atoms with Gasteiger partial charge in [0.25, 0.3) is 0 Å². The Balaban J connectivity index is 2.11. The Labute approximate surface area is 124 Å². The summed E-state index contributed by atoms with van der Waals surface area (Å²) in [5.41, 5.74) is 1.16. The maximum absolute atomic E-state index is 4.21. The highest BCUT2D eigenvalue weighted by Gasteiger charge is 2.09. The third-order valence-electron chi connectivity index (χ3n) is 3.38. The minimum Gasteiger partial charge on any atom is -0.306 e. The van der Waals surface area contributed by atoms with Crippen molar-refractivity contribution in [1.82, 2.24) is 20.3 Å². The third kappa shape index (κ3) is 8.31. The van der Waals surface area contributed by atoms with E-state index in [2.05, 4.69) is 49.5 Å². The molecule has 0 aromatic carbocycles. The second-order valence-electron chi connectivity index (χ2n) is 6.70. The number of hydrogen-bond acceptors (Lipinski definition) is 3. The molecule has 0 amide bonds. The summed E-state index contributed by atoms with van der Waals surface area (Å²) in [6.45, 7) is 10.5. The van der Waals surface area contributed by atoms with E-state index < -0.39 is 0 Å². The number of hydrogen-bond donors (Lipinski definition) is 1. The molecular weight excluding hydrogens is 248 g/mol. The average Bonchev–Trinajstić information content (AvgIpc) is 2.82. The zero-order valence-corrected chi connectivity index (χ0v) is 13.8. The number of rotatable bonds is 10. The molecule has 116 valence electrons. The van der Waals surface area contributed by atoms with Crippen LogP contribution >= 0.6 is 0 Å². The molecular formula is C16H32N4. The molecule has 0 atom stereocenters. The smallest absolute Gasteiger partial charge is 0.0965 e. The first-order valence-corrected chi connectivity index (χ1v) is 8.15. The van der Waals surface area contributed by atoms with Crippen molar-refractivity contribution in [2.75, 3.05) is 0 Å². The van der Waals surface area contributed by atoms with E-state index >= 15 is 0 Å². The molecule has 1 rings (SSSR count). The molecule has 4 nitrogen and oxygen atoms in total. The first kappa shape index (κ1) is 17.2. The Morgan fingerprint density at radius 3 is 2.35 bits per heavy atom. The molecule has 0 saturated heterocycles. The normalized spacial score (nSPS) is 12.0. The number of nitrogens with one attached hydrogen (secondary N) is 1. The molecule has 0 radical (unpaired) electrons. The van der Waals surface area contributed by atoms with Crippen LogP contribution in [-0.4, -0.2) is 20.5 Å². The van der Waals surface area contributed by atoms with Crippen molar-refractivity contribution in [1.29, 1.82) is 0 Å². The lowest BCUT2D eigenvalue weighted by molar-refractivity contribution is 0.421. The average molecular weight is 280 g/mol.